The van der Waals surface area contributed by atoms with E-state index in [1.54, 1.807) is 18.2 Å². The van der Waals surface area contributed by atoms with Crippen molar-refractivity contribution in [2.45, 2.75) is 31.7 Å². The number of piperidine rings is 1. The van der Waals surface area contributed by atoms with Gasteiger partial charge in [-0.2, -0.15) is 0 Å². The molecule has 2 aliphatic heterocycles. The van der Waals surface area contributed by atoms with Crippen LogP contribution in [0.2, 0.25) is 10.0 Å². The molecule has 0 saturated carbocycles. The Balaban J connectivity index is 0.00000176. The number of likely N-dealkylation sites (tertiary alicyclic amines) is 1. The first kappa shape index (κ1) is 17.9. The van der Waals surface area contributed by atoms with Gasteiger partial charge < -0.3 is 10.2 Å². The van der Waals surface area contributed by atoms with Gasteiger partial charge in [0, 0.05) is 19.1 Å². The molecule has 2 heterocycles. The minimum Gasteiger partial charge on any atom is -0.339 e. The Kier molecular flexibility index (Phi) is 6.39. The van der Waals surface area contributed by atoms with Gasteiger partial charge in [-0.1, -0.05) is 29.3 Å². The standard InChI is InChI=1S/C16H20Cl2N2O.ClH/c17-12-3-1-4-13(18)15(12)16(21)20-9-6-11(7-10-20)14-5-2-8-19-14;/h1,3-4,11,14,19H,2,5-10H2;1H. The molecule has 1 N–H and O–H groups in total. The number of hydrogen-bond acceptors (Lipinski definition) is 2. The van der Waals surface area contributed by atoms with E-state index in [-0.39, 0.29) is 18.3 Å². The first-order valence-corrected chi connectivity index (χ1v) is 8.39. The van der Waals surface area contributed by atoms with Crippen molar-refractivity contribution in [1.29, 1.82) is 0 Å². The summed E-state index contributed by atoms with van der Waals surface area (Å²) in [5.41, 5.74) is 0.443. The lowest BCUT2D eigenvalue weighted by atomic mass is 9.88. The van der Waals surface area contributed by atoms with Gasteiger partial charge in [0.05, 0.1) is 15.6 Å². The van der Waals surface area contributed by atoms with E-state index in [1.165, 1.54) is 12.8 Å². The van der Waals surface area contributed by atoms with Crippen LogP contribution in [-0.2, 0) is 0 Å². The monoisotopic (exact) mass is 362 g/mol. The minimum absolute atomic E-state index is 0. The van der Waals surface area contributed by atoms with Crippen LogP contribution in [0.3, 0.4) is 0 Å². The van der Waals surface area contributed by atoms with E-state index < -0.39 is 0 Å². The van der Waals surface area contributed by atoms with Crippen molar-refractivity contribution in [2.75, 3.05) is 19.6 Å². The molecule has 0 bridgehead atoms. The lowest BCUT2D eigenvalue weighted by molar-refractivity contribution is 0.0675. The molecule has 3 rings (SSSR count). The van der Waals surface area contributed by atoms with Crippen LogP contribution in [0.15, 0.2) is 18.2 Å². The highest BCUT2D eigenvalue weighted by atomic mass is 35.5. The quantitative estimate of drug-likeness (QED) is 0.860. The van der Waals surface area contributed by atoms with Gasteiger partial charge in [-0.15, -0.1) is 12.4 Å². The molecule has 22 heavy (non-hydrogen) atoms. The molecule has 0 spiro atoms. The Hall–Kier alpha value is -0.480. The van der Waals surface area contributed by atoms with Crippen LogP contribution in [0.25, 0.3) is 0 Å². The Morgan fingerprint density at radius 3 is 2.32 bits per heavy atom. The Labute approximate surface area is 147 Å². The summed E-state index contributed by atoms with van der Waals surface area (Å²) >= 11 is 12.3. The molecule has 1 amide bonds. The van der Waals surface area contributed by atoms with Crippen LogP contribution in [0.4, 0.5) is 0 Å². The SMILES string of the molecule is Cl.O=C(c1c(Cl)cccc1Cl)N1CCC(C2CCCN2)CC1. The molecule has 0 aromatic heterocycles. The summed E-state index contributed by atoms with van der Waals surface area (Å²) in [5, 5.41) is 4.45. The van der Waals surface area contributed by atoms with Gasteiger partial charge in [0.1, 0.15) is 0 Å². The smallest absolute Gasteiger partial charge is 0.256 e. The van der Waals surface area contributed by atoms with Crippen molar-refractivity contribution in [3.63, 3.8) is 0 Å². The predicted molar refractivity (Wildman–Crippen MR) is 93.4 cm³/mol. The van der Waals surface area contributed by atoms with Gasteiger partial charge >= 0.3 is 0 Å². The van der Waals surface area contributed by atoms with Gasteiger partial charge in [0.25, 0.3) is 5.91 Å². The maximum atomic E-state index is 12.6. The van der Waals surface area contributed by atoms with Crippen molar-refractivity contribution in [3.05, 3.63) is 33.8 Å². The lowest BCUT2D eigenvalue weighted by Crippen LogP contribution is -2.43. The molecular weight excluding hydrogens is 343 g/mol. The molecular formula is C16H21Cl3N2O. The van der Waals surface area contributed by atoms with Crippen LogP contribution in [0.1, 0.15) is 36.0 Å². The summed E-state index contributed by atoms with van der Waals surface area (Å²) in [6, 6.07) is 5.84. The molecule has 1 atom stereocenters. The highest BCUT2D eigenvalue weighted by Gasteiger charge is 2.31. The molecule has 6 heteroatoms. The number of carbonyl (C=O) groups excluding carboxylic acids is 1. The van der Waals surface area contributed by atoms with Crippen LogP contribution in [-0.4, -0.2) is 36.5 Å². The van der Waals surface area contributed by atoms with Crippen molar-refractivity contribution in [3.8, 4) is 0 Å². The van der Waals surface area contributed by atoms with E-state index >= 15 is 0 Å². The van der Waals surface area contributed by atoms with Crippen LogP contribution < -0.4 is 5.32 Å². The van der Waals surface area contributed by atoms with E-state index in [4.69, 9.17) is 23.2 Å². The Morgan fingerprint density at radius 1 is 1.14 bits per heavy atom. The first-order valence-electron chi connectivity index (χ1n) is 7.63. The summed E-state index contributed by atoms with van der Waals surface area (Å²) in [6.07, 6.45) is 4.67. The highest BCUT2D eigenvalue weighted by molar-refractivity contribution is 6.39. The second-order valence-corrected chi connectivity index (χ2v) is 6.74. The summed E-state index contributed by atoms with van der Waals surface area (Å²) in [6.45, 7) is 2.73. The number of hydrogen-bond donors (Lipinski definition) is 1. The number of nitrogens with one attached hydrogen (secondary N) is 1. The van der Waals surface area contributed by atoms with E-state index in [1.807, 2.05) is 4.90 Å². The molecule has 2 saturated heterocycles. The van der Waals surface area contributed by atoms with Crippen molar-refractivity contribution in [1.82, 2.24) is 10.2 Å². The maximum Gasteiger partial charge on any atom is 0.256 e. The second kappa shape index (κ2) is 7.87. The number of rotatable bonds is 2. The number of halogens is 3. The van der Waals surface area contributed by atoms with Gasteiger partial charge in [-0.05, 0) is 50.3 Å². The molecule has 1 aromatic rings. The summed E-state index contributed by atoms with van der Waals surface area (Å²) in [4.78, 5) is 14.5. The largest absolute Gasteiger partial charge is 0.339 e. The van der Waals surface area contributed by atoms with Crippen LogP contribution >= 0.6 is 35.6 Å². The number of carbonyl (C=O) groups is 1. The van der Waals surface area contributed by atoms with E-state index in [0.717, 1.165) is 32.5 Å². The predicted octanol–water partition coefficient (Wildman–Crippen LogP) is 4.02. The molecule has 2 aliphatic rings. The number of benzene rings is 1. The van der Waals surface area contributed by atoms with E-state index in [2.05, 4.69) is 5.32 Å². The fourth-order valence-electron chi connectivity index (χ4n) is 3.48. The Bertz CT molecular complexity index is 504. The third-order valence-corrected chi connectivity index (χ3v) is 5.30. The fourth-order valence-corrected chi connectivity index (χ4v) is 4.04. The lowest BCUT2D eigenvalue weighted by Gasteiger charge is -2.35. The summed E-state index contributed by atoms with van der Waals surface area (Å²) < 4.78 is 0. The molecule has 2 fully saturated rings. The zero-order valence-corrected chi connectivity index (χ0v) is 14.7. The van der Waals surface area contributed by atoms with Gasteiger partial charge in [-0.3, -0.25) is 4.79 Å². The summed E-state index contributed by atoms with van der Waals surface area (Å²) in [7, 11) is 0. The summed E-state index contributed by atoms with van der Waals surface area (Å²) in [5.74, 6) is 0.654. The third kappa shape index (κ3) is 3.70. The Morgan fingerprint density at radius 2 is 1.77 bits per heavy atom. The topological polar surface area (TPSA) is 32.3 Å². The highest BCUT2D eigenvalue weighted by Crippen LogP contribution is 2.29. The van der Waals surface area contributed by atoms with Gasteiger partial charge in [0.2, 0.25) is 0 Å². The average molecular weight is 364 g/mol. The van der Waals surface area contributed by atoms with Crippen molar-refractivity contribution in [2.24, 2.45) is 5.92 Å². The van der Waals surface area contributed by atoms with Gasteiger partial charge in [0.15, 0.2) is 0 Å². The van der Waals surface area contributed by atoms with Crippen LogP contribution in [0.5, 0.6) is 0 Å². The van der Waals surface area contributed by atoms with E-state index in [0.29, 0.717) is 27.6 Å². The number of nitrogens with zero attached hydrogens (tertiary/aromatic N) is 1. The van der Waals surface area contributed by atoms with Crippen molar-refractivity contribution < 1.29 is 4.79 Å². The molecule has 3 nitrogen and oxygen atoms in total. The molecule has 1 unspecified atom stereocenters. The molecule has 122 valence electrons. The third-order valence-electron chi connectivity index (χ3n) is 4.67. The van der Waals surface area contributed by atoms with E-state index in [9.17, 15) is 4.79 Å². The molecule has 0 aliphatic carbocycles. The molecule has 1 aromatic carbocycles. The second-order valence-electron chi connectivity index (χ2n) is 5.93. The number of amides is 1. The maximum absolute atomic E-state index is 12.6. The zero-order chi connectivity index (χ0) is 14.8. The zero-order valence-electron chi connectivity index (χ0n) is 12.4. The normalized spacial score (nSPS) is 22.5. The fraction of sp³-hybridized carbons (Fsp3) is 0.562. The average Bonchev–Trinajstić information content (AvgIpc) is 3.01. The first-order chi connectivity index (χ1) is 10.2. The van der Waals surface area contributed by atoms with Gasteiger partial charge in [-0.25, -0.2) is 0 Å². The minimum atomic E-state index is -0.0385. The van der Waals surface area contributed by atoms with Crippen LogP contribution in [0, 0.1) is 5.92 Å². The van der Waals surface area contributed by atoms with Crippen molar-refractivity contribution >= 4 is 41.5 Å². The molecule has 0 radical (unpaired) electrons.